The van der Waals surface area contributed by atoms with Crippen molar-refractivity contribution in [1.82, 2.24) is 9.62 Å². The Morgan fingerprint density at radius 2 is 1.58 bits per heavy atom. The van der Waals surface area contributed by atoms with Crippen LogP contribution >= 0.6 is 0 Å². The van der Waals surface area contributed by atoms with Crippen LogP contribution in [0.2, 0.25) is 0 Å². The molecule has 0 aromatic heterocycles. The van der Waals surface area contributed by atoms with E-state index in [4.69, 9.17) is 14.2 Å². The average Bonchev–Trinajstić information content (AvgIpc) is 2.82. The first-order chi connectivity index (χ1) is 14.9. The number of methoxy groups -OCH3 is 3. The number of nitrogens with one attached hydrogen (secondary N) is 1. The van der Waals surface area contributed by atoms with E-state index in [-0.39, 0.29) is 22.9 Å². The van der Waals surface area contributed by atoms with E-state index in [2.05, 4.69) is 5.32 Å². The highest BCUT2D eigenvalue weighted by molar-refractivity contribution is 7.89. The molecule has 0 radical (unpaired) electrons. The van der Waals surface area contributed by atoms with E-state index in [0.29, 0.717) is 35.9 Å². The number of rotatable bonds is 8. The van der Waals surface area contributed by atoms with E-state index in [9.17, 15) is 13.2 Å². The lowest BCUT2D eigenvalue weighted by atomic mass is 10.1. The zero-order valence-electron chi connectivity index (χ0n) is 18.0. The Hall–Kier alpha value is -2.78. The number of benzene rings is 2. The lowest BCUT2D eigenvalue weighted by Crippen LogP contribution is -2.35. The van der Waals surface area contributed by atoms with E-state index in [1.54, 1.807) is 24.3 Å². The van der Waals surface area contributed by atoms with Gasteiger partial charge in [-0.25, -0.2) is 8.42 Å². The maximum Gasteiger partial charge on any atom is 0.251 e. The van der Waals surface area contributed by atoms with Gasteiger partial charge >= 0.3 is 0 Å². The van der Waals surface area contributed by atoms with Gasteiger partial charge < -0.3 is 19.5 Å². The normalized spacial score (nSPS) is 14.7. The van der Waals surface area contributed by atoms with E-state index in [1.807, 2.05) is 0 Å². The van der Waals surface area contributed by atoms with Crippen molar-refractivity contribution in [3.05, 3.63) is 47.5 Å². The number of ether oxygens (including phenoxy) is 3. The Kier molecular flexibility index (Phi) is 7.40. The van der Waals surface area contributed by atoms with Crippen molar-refractivity contribution >= 4 is 15.9 Å². The third-order valence-electron chi connectivity index (χ3n) is 5.28. The zero-order valence-corrected chi connectivity index (χ0v) is 18.8. The molecule has 0 atom stereocenters. The van der Waals surface area contributed by atoms with Gasteiger partial charge in [0.05, 0.1) is 26.2 Å². The van der Waals surface area contributed by atoms with Crippen LogP contribution in [-0.2, 0) is 16.6 Å². The Balaban J connectivity index is 1.77. The monoisotopic (exact) mass is 448 g/mol. The lowest BCUT2D eigenvalue weighted by molar-refractivity contribution is 0.0950. The third kappa shape index (κ3) is 5.11. The predicted molar refractivity (Wildman–Crippen MR) is 116 cm³/mol. The van der Waals surface area contributed by atoms with Crippen LogP contribution in [0.5, 0.6) is 17.2 Å². The molecule has 2 aromatic rings. The molecular weight excluding hydrogens is 420 g/mol. The summed E-state index contributed by atoms with van der Waals surface area (Å²) in [6.07, 6.45) is 2.74. The first-order valence-electron chi connectivity index (χ1n) is 10.1. The summed E-state index contributed by atoms with van der Waals surface area (Å²) < 4.78 is 43.3. The number of sulfonamides is 1. The topological polar surface area (TPSA) is 94.2 Å². The Morgan fingerprint density at radius 3 is 2.23 bits per heavy atom. The molecule has 1 N–H and O–H groups in total. The molecule has 0 aliphatic carbocycles. The van der Waals surface area contributed by atoms with Crippen molar-refractivity contribution in [2.24, 2.45) is 0 Å². The van der Waals surface area contributed by atoms with Gasteiger partial charge in [-0.2, -0.15) is 4.31 Å². The van der Waals surface area contributed by atoms with Gasteiger partial charge in [0.1, 0.15) is 5.75 Å². The lowest BCUT2D eigenvalue weighted by Gasteiger charge is -2.26. The number of carbonyl (C=O) groups excluding carboxylic acids is 1. The fraction of sp³-hybridized carbons (Fsp3) is 0.409. The predicted octanol–water partition coefficient (Wildman–Crippen LogP) is 2.82. The second-order valence-electron chi connectivity index (χ2n) is 7.19. The molecule has 1 aliphatic heterocycles. The summed E-state index contributed by atoms with van der Waals surface area (Å²) in [6.45, 7) is 1.20. The number of hydrogen-bond acceptors (Lipinski definition) is 6. The fourth-order valence-corrected chi connectivity index (χ4v) is 5.12. The van der Waals surface area contributed by atoms with Gasteiger partial charge in [-0.15, -0.1) is 0 Å². The van der Waals surface area contributed by atoms with Gasteiger partial charge in [-0.1, -0.05) is 12.5 Å². The minimum absolute atomic E-state index is 0.130. The minimum atomic E-state index is -3.61. The van der Waals surface area contributed by atoms with Crippen LogP contribution in [0.1, 0.15) is 35.2 Å². The number of nitrogens with zero attached hydrogens (tertiary/aromatic N) is 1. The molecule has 0 spiro atoms. The maximum absolute atomic E-state index is 12.9. The highest BCUT2D eigenvalue weighted by Gasteiger charge is 2.26. The number of carbonyl (C=O) groups is 1. The van der Waals surface area contributed by atoms with Crippen LogP contribution in [-0.4, -0.2) is 53.0 Å². The van der Waals surface area contributed by atoms with Crippen molar-refractivity contribution in [2.45, 2.75) is 30.7 Å². The van der Waals surface area contributed by atoms with E-state index in [0.717, 1.165) is 19.3 Å². The summed E-state index contributed by atoms with van der Waals surface area (Å²) in [5, 5.41) is 2.81. The SMILES string of the molecule is COc1cc(OC)c(OC)cc1CNC(=O)c1cccc(S(=O)(=O)N2CCCCC2)c1. The van der Waals surface area contributed by atoms with Gasteiger partial charge in [0.2, 0.25) is 10.0 Å². The molecule has 8 nitrogen and oxygen atoms in total. The van der Waals surface area contributed by atoms with Gasteiger partial charge in [-0.05, 0) is 37.1 Å². The van der Waals surface area contributed by atoms with Crippen molar-refractivity contribution in [2.75, 3.05) is 34.4 Å². The Bertz CT molecular complexity index is 1030. The summed E-state index contributed by atoms with van der Waals surface area (Å²) in [5.41, 5.74) is 0.975. The van der Waals surface area contributed by atoms with Gasteiger partial charge in [0.15, 0.2) is 11.5 Å². The summed E-state index contributed by atoms with van der Waals surface area (Å²) in [4.78, 5) is 12.9. The molecule has 9 heteroatoms. The molecular formula is C22H28N2O6S. The highest BCUT2D eigenvalue weighted by atomic mass is 32.2. The first-order valence-corrected chi connectivity index (χ1v) is 11.5. The Labute approximate surface area is 183 Å². The van der Waals surface area contributed by atoms with Crippen molar-refractivity contribution in [3.63, 3.8) is 0 Å². The van der Waals surface area contributed by atoms with Crippen LogP contribution in [0.3, 0.4) is 0 Å². The third-order valence-corrected chi connectivity index (χ3v) is 7.17. The summed E-state index contributed by atoms with van der Waals surface area (Å²) >= 11 is 0. The number of piperidine rings is 1. The van der Waals surface area contributed by atoms with Crippen LogP contribution in [0.4, 0.5) is 0 Å². The first kappa shape index (κ1) is 22.9. The summed E-state index contributed by atoms with van der Waals surface area (Å²) in [5.74, 6) is 1.19. The molecule has 1 amide bonds. The largest absolute Gasteiger partial charge is 0.496 e. The average molecular weight is 449 g/mol. The zero-order chi connectivity index (χ0) is 22.4. The summed E-state index contributed by atoms with van der Waals surface area (Å²) in [7, 11) is 0.980. The summed E-state index contributed by atoms with van der Waals surface area (Å²) in [6, 6.07) is 9.55. The van der Waals surface area contributed by atoms with Crippen LogP contribution in [0.25, 0.3) is 0 Å². The van der Waals surface area contributed by atoms with Crippen LogP contribution in [0, 0.1) is 0 Å². The van der Waals surface area contributed by atoms with E-state index >= 15 is 0 Å². The molecule has 2 aromatic carbocycles. The second-order valence-corrected chi connectivity index (χ2v) is 9.13. The molecule has 3 rings (SSSR count). The number of hydrogen-bond donors (Lipinski definition) is 1. The van der Waals surface area contributed by atoms with Gasteiger partial charge in [-0.3, -0.25) is 4.79 Å². The smallest absolute Gasteiger partial charge is 0.251 e. The van der Waals surface area contributed by atoms with Crippen molar-refractivity contribution in [3.8, 4) is 17.2 Å². The van der Waals surface area contributed by atoms with Crippen molar-refractivity contribution < 1.29 is 27.4 Å². The molecule has 168 valence electrons. The molecule has 31 heavy (non-hydrogen) atoms. The van der Waals surface area contributed by atoms with Gasteiger partial charge in [0.25, 0.3) is 5.91 Å². The quantitative estimate of drug-likeness (QED) is 0.667. The molecule has 1 aliphatic rings. The van der Waals surface area contributed by atoms with Crippen LogP contribution < -0.4 is 19.5 Å². The molecule has 1 saturated heterocycles. The van der Waals surface area contributed by atoms with Crippen LogP contribution in [0.15, 0.2) is 41.3 Å². The highest BCUT2D eigenvalue weighted by Crippen LogP contribution is 2.34. The fourth-order valence-electron chi connectivity index (χ4n) is 3.56. The molecule has 1 fully saturated rings. The maximum atomic E-state index is 12.9. The molecule has 0 bridgehead atoms. The van der Waals surface area contributed by atoms with Gasteiger partial charge in [0, 0.05) is 36.8 Å². The minimum Gasteiger partial charge on any atom is -0.496 e. The standard InChI is InChI=1S/C22H28N2O6S/c1-28-19-14-21(30-3)20(29-2)13-17(19)15-23-22(25)16-8-7-9-18(12-16)31(26,27)24-10-5-4-6-11-24/h7-9,12-14H,4-6,10-11,15H2,1-3H3,(H,23,25). The second kappa shape index (κ2) is 10.0. The molecule has 0 unspecified atom stereocenters. The molecule has 0 saturated carbocycles. The van der Waals surface area contributed by atoms with E-state index < -0.39 is 10.0 Å². The van der Waals surface area contributed by atoms with Crippen molar-refractivity contribution in [1.29, 1.82) is 0 Å². The molecule has 1 heterocycles. The number of amides is 1. The Morgan fingerprint density at radius 1 is 0.935 bits per heavy atom. The van der Waals surface area contributed by atoms with E-state index in [1.165, 1.54) is 37.8 Å².